The van der Waals surface area contributed by atoms with Gasteiger partial charge in [0.05, 0.1) is 11.9 Å². The number of benzene rings is 1. The van der Waals surface area contributed by atoms with Crippen molar-refractivity contribution in [3.8, 4) is 0 Å². The molecule has 134 valence electrons. The molecule has 0 saturated heterocycles. The first-order chi connectivity index (χ1) is 11.8. The first-order valence-corrected chi connectivity index (χ1v) is 10.2. The number of nitrogens with one attached hydrogen (secondary N) is 2. The maximum atomic E-state index is 12.8. The smallest absolute Gasteiger partial charge is 0.321 e. The monoisotopic (exact) mass is 384 g/mol. The highest BCUT2D eigenvalue weighted by Crippen LogP contribution is 2.29. The van der Waals surface area contributed by atoms with Crippen LogP contribution in [-0.4, -0.2) is 36.5 Å². The van der Waals surface area contributed by atoms with Crippen molar-refractivity contribution >= 4 is 32.5 Å². The van der Waals surface area contributed by atoms with Crippen molar-refractivity contribution in [2.24, 2.45) is 0 Å². The van der Waals surface area contributed by atoms with Gasteiger partial charge in [0.25, 0.3) is 0 Å². The maximum Gasteiger partial charge on any atom is 0.321 e. The number of hydrogen-bond acceptors (Lipinski definition) is 5. The van der Waals surface area contributed by atoms with E-state index in [2.05, 4.69) is 15.6 Å². The molecule has 0 unspecified atom stereocenters. The lowest BCUT2D eigenvalue weighted by molar-refractivity contribution is 0.251. The molecule has 0 fully saturated rings. The molecule has 0 atom stereocenters. The van der Waals surface area contributed by atoms with E-state index in [9.17, 15) is 17.6 Å². The third-order valence-electron chi connectivity index (χ3n) is 3.75. The molecule has 0 radical (unpaired) electrons. The standard InChI is InChI=1S/C15H17FN4O3S2/c1-25(22,23)20-7-6-12-13(9-20)24-15(18-12)19-14(21)17-8-10-2-4-11(16)5-3-10/h2-5H,6-9H2,1H3,(H2,17,18,19,21). The number of aromatic nitrogens is 1. The molecular weight excluding hydrogens is 367 g/mol. The Morgan fingerprint density at radius 3 is 2.76 bits per heavy atom. The number of rotatable bonds is 4. The van der Waals surface area contributed by atoms with E-state index < -0.39 is 16.1 Å². The van der Waals surface area contributed by atoms with Gasteiger partial charge < -0.3 is 5.32 Å². The Hall–Kier alpha value is -2.04. The van der Waals surface area contributed by atoms with E-state index >= 15 is 0 Å². The minimum atomic E-state index is -3.24. The number of nitrogens with zero attached hydrogens (tertiary/aromatic N) is 2. The van der Waals surface area contributed by atoms with Gasteiger partial charge in [0, 0.05) is 30.9 Å². The second-order valence-corrected chi connectivity index (χ2v) is 8.74. The third kappa shape index (κ3) is 4.53. The van der Waals surface area contributed by atoms with Crippen molar-refractivity contribution < 1.29 is 17.6 Å². The second kappa shape index (κ2) is 7.06. The van der Waals surface area contributed by atoms with Crippen LogP contribution in [-0.2, 0) is 29.5 Å². The molecule has 0 saturated carbocycles. The molecule has 0 spiro atoms. The minimum Gasteiger partial charge on any atom is -0.334 e. The molecule has 7 nitrogen and oxygen atoms in total. The summed E-state index contributed by atoms with van der Waals surface area (Å²) in [6.07, 6.45) is 1.71. The molecule has 1 aliphatic rings. The van der Waals surface area contributed by atoms with Gasteiger partial charge in [0.1, 0.15) is 5.82 Å². The van der Waals surface area contributed by atoms with Gasteiger partial charge >= 0.3 is 6.03 Å². The zero-order valence-corrected chi connectivity index (χ0v) is 15.1. The van der Waals surface area contributed by atoms with Gasteiger partial charge in [0.2, 0.25) is 10.0 Å². The molecular formula is C15H17FN4O3S2. The number of anilines is 1. The van der Waals surface area contributed by atoms with Crippen LogP contribution < -0.4 is 10.6 Å². The molecule has 0 bridgehead atoms. The molecule has 1 aromatic heterocycles. The quantitative estimate of drug-likeness (QED) is 0.843. The number of sulfonamides is 1. The van der Waals surface area contributed by atoms with Crippen LogP contribution in [0.1, 0.15) is 16.1 Å². The molecule has 25 heavy (non-hydrogen) atoms. The highest BCUT2D eigenvalue weighted by molar-refractivity contribution is 7.88. The fraction of sp³-hybridized carbons (Fsp3) is 0.333. The summed E-state index contributed by atoms with van der Waals surface area (Å²) in [5.41, 5.74) is 1.59. The average Bonchev–Trinajstić information content (AvgIpc) is 2.94. The molecule has 2 heterocycles. The second-order valence-electron chi connectivity index (χ2n) is 5.67. The lowest BCUT2D eigenvalue weighted by Crippen LogP contribution is -2.34. The van der Waals surface area contributed by atoms with Crippen molar-refractivity contribution in [1.29, 1.82) is 0 Å². The zero-order valence-electron chi connectivity index (χ0n) is 13.5. The average molecular weight is 384 g/mol. The van der Waals surface area contributed by atoms with Crippen LogP contribution in [0.2, 0.25) is 0 Å². The van der Waals surface area contributed by atoms with Crippen LogP contribution in [0.25, 0.3) is 0 Å². The number of carbonyl (C=O) groups excluding carboxylic acids is 1. The number of urea groups is 1. The first kappa shape index (κ1) is 17.8. The molecule has 1 aromatic carbocycles. The minimum absolute atomic E-state index is 0.263. The van der Waals surface area contributed by atoms with Crippen molar-refractivity contribution in [3.05, 3.63) is 46.2 Å². The van der Waals surface area contributed by atoms with Crippen LogP contribution in [0.15, 0.2) is 24.3 Å². The fourth-order valence-electron chi connectivity index (χ4n) is 2.43. The van der Waals surface area contributed by atoms with Gasteiger partial charge in [-0.1, -0.05) is 23.5 Å². The first-order valence-electron chi connectivity index (χ1n) is 7.54. The molecule has 3 rings (SSSR count). The van der Waals surface area contributed by atoms with Gasteiger partial charge in [-0.3, -0.25) is 5.32 Å². The fourth-order valence-corrected chi connectivity index (χ4v) is 4.32. The van der Waals surface area contributed by atoms with Gasteiger partial charge in [-0.05, 0) is 17.7 Å². The number of amides is 2. The lowest BCUT2D eigenvalue weighted by Gasteiger charge is -2.23. The van der Waals surface area contributed by atoms with Gasteiger partial charge in [-0.15, -0.1) is 0 Å². The highest BCUT2D eigenvalue weighted by Gasteiger charge is 2.26. The molecule has 10 heteroatoms. The summed E-state index contributed by atoms with van der Waals surface area (Å²) in [7, 11) is -3.24. The summed E-state index contributed by atoms with van der Waals surface area (Å²) >= 11 is 1.27. The Morgan fingerprint density at radius 2 is 2.08 bits per heavy atom. The van der Waals surface area contributed by atoms with Crippen molar-refractivity contribution in [1.82, 2.24) is 14.6 Å². The van der Waals surface area contributed by atoms with E-state index in [0.717, 1.165) is 16.1 Å². The highest BCUT2D eigenvalue weighted by atomic mass is 32.2. The number of carbonyl (C=O) groups is 1. The zero-order chi connectivity index (χ0) is 18.0. The van der Waals surface area contributed by atoms with Gasteiger partial charge in [-0.2, -0.15) is 4.31 Å². The number of fused-ring (bicyclic) bond motifs is 1. The topological polar surface area (TPSA) is 91.4 Å². The molecule has 2 aromatic rings. The Bertz CT molecular complexity index is 881. The van der Waals surface area contributed by atoms with Gasteiger partial charge in [0.15, 0.2) is 5.13 Å². The van der Waals surface area contributed by atoms with Crippen LogP contribution in [0.5, 0.6) is 0 Å². The number of halogens is 1. The van der Waals surface area contributed by atoms with Crippen LogP contribution >= 0.6 is 11.3 Å². The third-order valence-corrected chi connectivity index (χ3v) is 6.00. The number of thiazole rings is 1. The Balaban J connectivity index is 1.58. The van der Waals surface area contributed by atoms with Crippen molar-refractivity contribution in [2.75, 3.05) is 18.1 Å². The van der Waals surface area contributed by atoms with E-state index in [0.29, 0.717) is 18.1 Å². The molecule has 2 N–H and O–H groups in total. The summed E-state index contributed by atoms with van der Waals surface area (Å²) in [4.78, 5) is 17.1. The van der Waals surface area contributed by atoms with Crippen LogP contribution in [0, 0.1) is 5.82 Å². The molecule has 2 amide bonds. The number of hydrogen-bond donors (Lipinski definition) is 2. The molecule has 1 aliphatic heterocycles. The Kier molecular flexibility index (Phi) is 5.02. The van der Waals surface area contributed by atoms with Crippen LogP contribution in [0.4, 0.5) is 14.3 Å². The van der Waals surface area contributed by atoms with E-state index in [-0.39, 0.29) is 18.9 Å². The summed E-state index contributed by atoms with van der Waals surface area (Å²) in [5, 5.41) is 5.75. The maximum absolute atomic E-state index is 12.8. The van der Waals surface area contributed by atoms with E-state index in [4.69, 9.17) is 0 Å². The van der Waals surface area contributed by atoms with Crippen LogP contribution in [0.3, 0.4) is 0 Å². The Morgan fingerprint density at radius 1 is 1.36 bits per heavy atom. The largest absolute Gasteiger partial charge is 0.334 e. The predicted octanol–water partition coefficient (Wildman–Crippen LogP) is 1.92. The summed E-state index contributed by atoms with van der Waals surface area (Å²) in [6.45, 7) is 0.940. The molecule has 0 aliphatic carbocycles. The van der Waals surface area contributed by atoms with E-state index in [1.807, 2.05) is 0 Å². The normalized spacial score (nSPS) is 14.8. The SMILES string of the molecule is CS(=O)(=O)N1CCc2nc(NC(=O)NCc3ccc(F)cc3)sc2C1. The van der Waals surface area contributed by atoms with Crippen molar-refractivity contribution in [2.45, 2.75) is 19.5 Å². The van der Waals surface area contributed by atoms with E-state index in [1.54, 1.807) is 12.1 Å². The predicted molar refractivity (Wildman–Crippen MR) is 93.3 cm³/mol. The summed E-state index contributed by atoms with van der Waals surface area (Å²) < 4.78 is 37.5. The van der Waals surface area contributed by atoms with E-state index in [1.165, 1.54) is 34.0 Å². The van der Waals surface area contributed by atoms with Crippen molar-refractivity contribution in [3.63, 3.8) is 0 Å². The van der Waals surface area contributed by atoms with Gasteiger partial charge in [-0.25, -0.2) is 22.6 Å². The lowest BCUT2D eigenvalue weighted by atomic mass is 10.2. The Labute approximate surface area is 148 Å². The summed E-state index contributed by atoms with van der Waals surface area (Å²) in [6, 6.07) is 5.43. The summed E-state index contributed by atoms with van der Waals surface area (Å²) in [5.74, 6) is -0.329.